The average molecular weight is 212 g/mol. The number of aliphatic hydroxyl groups excluding tert-OH is 1. The first kappa shape index (κ1) is 11.4. The molecule has 3 heteroatoms. The van der Waals surface area contributed by atoms with Crippen molar-refractivity contribution < 1.29 is 5.11 Å². The van der Waals surface area contributed by atoms with Crippen LogP contribution in [-0.4, -0.2) is 48.8 Å². The van der Waals surface area contributed by atoms with Crippen LogP contribution in [0, 0.1) is 5.92 Å². The smallest absolute Gasteiger partial charge is 0.0707 e. The summed E-state index contributed by atoms with van der Waals surface area (Å²) in [5, 5.41) is 13.4. The Morgan fingerprint density at radius 3 is 2.53 bits per heavy atom. The summed E-state index contributed by atoms with van der Waals surface area (Å²) in [5.74, 6) is 0.494. The summed E-state index contributed by atoms with van der Waals surface area (Å²) in [6.45, 7) is 5.37. The lowest BCUT2D eigenvalue weighted by atomic mass is 10.0. The van der Waals surface area contributed by atoms with Crippen LogP contribution in [0.25, 0.3) is 0 Å². The lowest BCUT2D eigenvalue weighted by molar-refractivity contribution is 0.0716. The number of β-amino-alcohol motifs (C(OH)–C–C–N with tert-alkyl or cyclic N) is 1. The molecule has 2 heterocycles. The minimum absolute atomic E-state index is 0.113. The quantitative estimate of drug-likeness (QED) is 0.727. The van der Waals surface area contributed by atoms with Gasteiger partial charge in [-0.1, -0.05) is 12.8 Å². The van der Waals surface area contributed by atoms with E-state index in [0.717, 1.165) is 26.1 Å². The molecule has 2 atom stereocenters. The van der Waals surface area contributed by atoms with E-state index in [1.165, 1.54) is 38.8 Å². The minimum atomic E-state index is -0.113. The molecule has 2 saturated heterocycles. The Bertz CT molecular complexity index is 172. The van der Waals surface area contributed by atoms with Crippen molar-refractivity contribution >= 4 is 0 Å². The zero-order valence-corrected chi connectivity index (χ0v) is 9.62. The molecule has 2 rings (SSSR count). The van der Waals surface area contributed by atoms with Crippen LogP contribution in [0.3, 0.4) is 0 Å². The molecule has 2 unspecified atom stereocenters. The number of nitrogens with one attached hydrogen (secondary N) is 1. The van der Waals surface area contributed by atoms with Gasteiger partial charge in [0.15, 0.2) is 0 Å². The van der Waals surface area contributed by atoms with Crippen LogP contribution in [-0.2, 0) is 0 Å². The van der Waals surface area contributed by atoms with Gasteiger partial charge in [-0.05, 0) is 44.8 Å². The molecule has 2 fully saturated rings. The van der Waals surface area contributed by atoms with E-state index in [9.17, 15) is 5.11 Å². The molecule has 0 aliphatic carbocycles. The van der Waals surface area contributed by atoms with Crippen LogP contribution in [0.5, 0.6) is 0 Å². The second kappa shape index (κ2) is 5.83. The maximum absolute atomic E-state index is 10.1. The van der Waals surface area contributed by atoms with E-state index < -0.39 is 0 Å². The molecule has 2 aliphatic rings. The molecular formula is C12H24N2O. The van der Waals surface area contributed by atoms with Crippen molar-refractivity contribution in [2.75, 3.05) is 32.7 Å². The third-order valence-corrected chi connectivity index (χ3v) is 3.79. The minimum Gasteiger partial charge on any atom is -0.391 e. The van der Waals surface area contributed by atoms with Crippen LogP contribution in [0.4, 0.5) is 0 Å². The average Bonchev–Trinajstić information content (AvgIpc) is 2.65. The molecule has 0 amide bonds. The molecule has 15 heavy (non-hydrogen) atoms. The van der Waals surface area contributed by atoms with Gasteiger partial charge in [-0.25, -0.2) is 0 Å². The zero-order chi connectivity index (χ0) is 10.5. The van der Waals surface area contributed by atoms with E-state index >= 15 is 0 Å². The van der Waals surface area contributed by atoms with Crippen LogP contribution >= 0.6 is 0 Å². The lowest BCUT2D eigenvalue weighted by Crippen LogP contribution is -2.37. The van der Waals surface area contributed by atoms with Gasteiger partial charge in [0.1, 0.15) is 0 Å². The molecule has 2 aliphatic heterocycles. The number of rotatable bonds is 3. The van der Waals surface area contributed by atoms with E-state index in [2.05, 4.69) is 10.2 Å². The van der Waals surface area contributed by atoms with Crippen molar-refractivity contribution in [3.05, 3.63) is 0 Å². The summed E-state index contributed by atoms with van der Waals surface area (Å²) < 4.78 is 0. The van der Waals surface area contributed by atoms with E-state index in [1.54, 1.807) is 0 Å². The van der Waals surface area contributed by atoms with Gasteiger partial charge >= 0.3 is 0 Å². The van der Waals surface area contributed by atoms with Gasteiger partial charge in [0.05, 0.1) is 6.10 Å². The second-order valence-electron chi connectivity index (χ2n) is 5.04. The molecule has 0 aromatic carbocycles. The summed E-state index contributed by atoms with van der Waals surface area (Å²) >= 11 is 0. The number of nitrogens with zero attached hydrogens (tertiary/aromatic N) is 1. The van der Waals surface area contributed by atoms with E-state index in [4.69, 9.17) is 0 Å². The highest BCUT2D eigenvalue weighted by molar-refractivity contribution is 4.80. The first-order chi connectivity index (χ1) is 7.36. The highest BCUT2D eigenvalue weighted by atomic mass is 16.3. The van der Waals surface area contributed by atoms with Crippen molar-refractivity contribution in [3.63, 3.8) is 0 Å². The predicted octanol–water partition coefficient (Wildman–Crippen LogP) is 0.833. The molecule has 3 nitrogen and oxygen atoms in total. The van der Waals surface area contributed by atoms with Crippen molar-refractivity contribution in [3.8, 4) is 0 Å². The standard InChI is InChI=1S/C12H24N2O/c15-12(11-5-6-13-9-11)10-14-7-3-1-2-4-8-14/h11-13,15H,1-10H2. The molecule has 0 spiro atoms. The van der Waals surface area contributed by atoms with Crippen LogP contribution in [0.2, 0.25) is 0 Å². The fourth-order valence-electron chi connectivity index (χ4n) is 2.74. The van der Waals surface area contributed by atoms with Crippen molar-refractivity contribution in [1.29, 1.82) is 0 Å². The maximum atomic E-state index is 10.1. The summed E-state index contributed by atoms with van der Waals surface area (Å²) in [6, 6.07) is 0. The molecule has 0 aromatic heterocycles. The van der Waals surface area contributed by atoms with Crippen LogP contribution in [0.1, 0.15) is 32.1 Å². The molecule has 88 valence electrons. The monoisotopic (exact) mass is 212 g/mol. The first-order valence-corrected chi connectivity index (χ1v) is 6.47. The Morgan fingerprint density at radius 2 is 1.93 bits per heavy atom. The van der Waals surface area contributed by atoms with Gasteiger partial charge < -0.3 is 15.3 Å². The van der Waals surface area contributed by atoms with E-state index in [0.29, 0.717) is 5.92 Å². The lowest BCUT2D eigenvalue weighted by Gasteiger charge is -2.26. The number of hydrogen-bond donors (Lipinski definition) is 2. The third-order valence-electron chi connectivity index (χ3n) is 3.79. The van der Waals surface area contributed by atoms with E-state index in [-0.39, 0.29) is 6.10 Å². The Morgan fingerprint density at radius 1 is 1.20 bits per heavy atom. The molecule has 0 saturated carbocycles. The Kier molecular flexibility index (Phi) is 4.42. The summed E-state index contributed by atoms with van der Waals surface area (Å²) in [7, 11) is 0. The topological polar surface area (TPSA) is 35.5 Å². The fourth-order valence-corrected chi connectivity index (χ4v) is 2.74. The van der Waals surface area contributed by atoms with E-state index in [1.807, 2.05) is 0 Å². The van der Waals surface area contributed by atoms with Gasteiger partial charge in [-0.3, -0.25) is 0 Å². The van der Waals surface area contributed by atoms with Crippen LogP contribution < -0.4 is 5.32 Å². The molecule has 0 bridgehead atoms. The van der Waals surface area contributed by atoms with Gasteiger partial charge in [0.25, 0.3) is 0 Å². The zero-order valence-electron chi connectivity index (χ0n) is 9.62. The molecule has 0 aromatic rings. The third kappa shape index (κ3) is 3.44. The van der Waals surface area contributed by atoms with Gasteiger partial charge in [0, 0.05) is 13.1 Å². The van der Waals surface area contributed by atoms with Crippen molar-refractivity contribution in [1.82, 2.24) is 10.2 Å². The Hall–Kier alpha value is -0.120. The van der Waals surface area contributed by atoms with Gasteiger partial charge in [-0.15, -0.1) is 0 Å². The number of hydrogen-bond acceptors (Lipinski definition) is 3. The van der Waals surface area contributed by atoms with Gasteiger partial charge in [0.2, 0.25) is 0 Å². The summed E-state index contributed by atoms with van der Waals surface area (Å²) in [6.07, 6.45) is 6.41. The highest BCUT2D eigenvalue weighted by Gasteiger charge is 2.24. The molecule has 0 radical (unpaired) electrons. The number of likely N-dealkylation sites (tertiary alicyclic amines) is 1. The highest BCUT2D eigenvalue weighted by Crippen LogP contribution is 2.16. The normalized spacial score (nSPS) is 31.4. The molecular weight excluding hydrogens is 188 g/mol. The SMILES string of the molecule is OC(CN1CCCCCC1)C1CCNC1. The fraction of sp³-hybridized carbons (Fsp3) is 1.00. The second-order valence-corrected chi connectivity index (χ2v) is 5.04. The largest absolute Gasteiger partial charge is 0.391 e. The molecule has 2 N–H and O–H groups in total. The first-order valence-electron chi connectivity index (χ1n) is 6.47. The Labute approximate surface area is 92.8 Å². The van der Waals surface area contributed by atoms with Crippen molar-refractivity contribution in [2.24, 2.45) is 5.92 Å². The van der Waals surface area contributed by atoms with Crippen LogP contribution in [0.15, 0.2) is 0 Å². The Balaban J connectivity index is 1.73. The summed E-state index contributed by atoms with van der Waals surface area (Å²) in [5.41, 5.74) is 0. The van der Waals surface area contributed by atoms with Crippen molar-refractivity contribution in [2.45, 2.75) is 38.2 Å². The summed E-state index contributed by atoms with van der Waals surface area (Å²) in [4.78, 5) is 2.45. The predicted molar refractivity (Wildman–Crippen MR) is 61.9 cm³/mol. The van der Waals surface area contributed by atoms with Gasteiger partial charge in [-0.2, -0.15) is 0 Å². The maximum Gasteiger partial charge on any atom is 0.0707 e. The number of aliphatic hydroxyl groups is 1.